The summed E-state index contributed by atoms with van der Waals surface area (Å²) >= 11 is 12.3. The summed E-state index contributed by atoms with van der Waals surface area (Å²) in [6.07, 6.45) is 1.66. The molecule has 5 rings (SSSR count). The van der Waals surface area contributed by atoms with Crippen LogP contribution in [0.5, 0.6) is 0 Å². The van der Waals surface area contributed by atoms with E-state index in [1.807, 2.05) is 20.8 Å². The molecular weight excluding hydrogens is 535 g/mol. The van der Waals surface area contributed by atoms with Gasteiger partial charge in [0.25, 0.3) is 0 Å². The summed E-state index contributed by atoms with van der Waals surface area (Å²) in [7, 11) is 0. The summed E-state index contributed by atoms with van der Waals surface area (Å²) in [6.45, 7) is 6.07. The van der Waals surface area contributed by atoms with Gasteiger partial charge >= 0.3 is 0 Å². The van der Waals surface area contributed by atoms with Gasteiger partial charge in [-0.2, -0.15) is 0 Å². The Morgan fingerprint density at radius 1 is 1.13 bits per heavy atom. The molecule has 2 aromatic carbocycles. The van der Waals surface area contributed by atoms with Crippen LogP contribution in [0.3, 0.4) is 0 Å². The van der Waals surface area contributed by atoms with Crippen LogP contribution in [0.2, 0.25) is 10.0 Å². The fourth-order valence-corrected chi connectivity index (χ4v) is 6.87. The third kappa shape index (κ3) is 4.59. The van der Waals surface area contributed by atoms with Crippen molar-refractivity contribution in [2.75, 3.05) is 5.32 Å². The minimum atomic E-state index is -1.41. The van der Waals surface area contributed by atoms with Crippen molar-refractivity contribution < 1.29 is 23.5 Å². The van der Waals surface area contributed by atoms with Crippen molar-refractivity contribution in [3.63, 3.8) is 0 Å². The first-order valence-electron chi connectivity index (χ1n) is 12.8. The van der Waals surface area contributed by atoms with E-state index in [4.69, 9.17) is 23.2 Å². The molecule has 204 valence electrons. The zero-order valence-electron chi connectivity index (χ0n) is 21.4. The Morgan fingerprint density at radius 2 is 1.84 bits per heavy atom. The van der Waals surface area contributed by atoms with E-state index in [0.29, 0.717) is 42.5 Å². The van der Waals surface area contributed by atoms with Crippen molar-refractivity contribution >= 4 is 40.7 Å². The fourth-order valence-electron chi connectivity index (χ4n) is 6.52. The van der Waals surface area contributed by atoms with Crippen molar-refractivity contribution in [1.82, 2.24) is 10.6 Å². The van der Waals surface area contributed by atoms with E-state index in [9.17, 15) is 23.5 Å². The first kappa shape index (κ1) is 27.3. The highest BCUT2D eigenvalue weighted by Crippen LogP contribution is 2.57. The van der Waals surface area contributed by atoms with E-state index in [1.165, 1.54) is 30.3 Å². The van der Waals surface area contributed by atoms with Gasteiger partial charge in [-0.3, -0.25) is 9.59 Å². The predicted octanol–water partition coefficient (Wildman–Crippen LogP) is 5.05. The number of nitrogens with one attached hydrogen (secondary N) is 3. The van der Waals surface area contributed by atoms with Crippen molar-refractivity contribution in [3.8, 4) is 0 Å². The molecule has 38 heavy (non-hydrogen) atoms. The lowest BCUT2D eigenvalue weighted by Crippen LogP contribution is -2.49. The monoisotopic (exact) mass is 565 g/mol. The van der Waals surface area contributed by atoms with Gasteiger partial charge in [-0.1, -0.05) is 50.0 Å². The second-order valence-electron chi connectivity index (χ2n) is 11.9. The number of amides is 2. The highest BCUT2D eigenvalue weighted by Gasteiger charge is 2.66. The highest BCUT2D eigenvalue weighted by molar-refractivity contribution is 6.31. The van der Waals surface area contributed by atoms with Gasteiger partial charge in [-0.15, -0.1) is 0 Å². The Kier molecular flexibility index (Phi) is 7.00. The lowest BCUT2D eigenvalue weighted by Gasteiger charge is -2.37. The normalized spacial score (nSPS) is 30.5. The number of halogens is 4. The van der Waals surface area contributed by atoms with E-state index in [2.05, 4.69) is 16.0 Å². The maximum atomic E-state index is 14.9. The summed E-state index contributed by atoms with van der Waals surface area (Å²) in [5.41, 5.74) is -0.439. The quantitative estimate of drug-likeness (QED) is 0.417. The lowest BCUT2D eigenvalue weighted by atomic mass is 9.62. The molecule has 2 aromatic rings. The number of rotatable bonds is 4. The second kappa shape index (κ2) is 9.73. The van der Waals surface area contributed by atoms with Gasteiger partial charge < -0.3 is 21.1 Å². The summed E-state index contributed by atoms with van der Waals surface area (Å²) < 4.78 is 29.2. The molecule has 1 spiro atoms. The summed E-state index contributed by atoms with van der Waals surface area (Å²) in [5, 5.41) is 19.0. The predicted molar refractivity (Wildman–Crippen MR) is 142 cm³/mol. The number of carbonyl (C=O) groups is 2. The van der Waals surface area contributed by atoms with Crippen molar-refractivity contribution in [1.29, 1.82) is 0 Å². The van der Waals surface area contributed by atoms with Crippen molar-refractivity contribution in [3.05, 3.63) is 63.1 Å². The van der Waals surface area contributed by atoms with Crippen LogP contribution in [0.25, 0.3) is 0 Å². The number of anilines is 1. The topological polar surface area (TPSA) is 90.5 Å². The zero-order valence-corrected chi connectivity index (χ0v) is 22.9. The lowest BCUT2D eigenvalue weighted by molar-refractivity contribution is -0.124. The van der Waals surface area contributed by atoms with E-state index >= 15 is 0 Å². The Bertz CT molecular complexity index is 1300. The van der Waals surface area contributed by atoms with Crippen molar-refractivity contribution in [2.24, 2.45) is 5.41 Å². The average Bonchev–Trinajstić information content (AvgIpc) is 3.45. The molecule has 2 heterocycles. The Morgan fingerprint density at radius 3 is 2.47 bits per heavy atom. The number of hydrogen-bond donors (Lipinski definition) is 4. The number of aliphatic hydroxyl groups excluding tert-OH is 1. The van der Waals surface area contributed by atoms with Gasteiger partial charge in [-0.05, 0) is 66.5 Å². The molecule has 10 heteroatoms. The van der Waals surface area contributed by atoms with Crippen LogP contribution in [-0.2, 0) is 15.0 Å². The summed E-state index contributed by atoms with van der Waals surface area (Å²) in [4.78, 5) is 27.9. The molecule has 1 aliphatic carbocycles. The van der Waals surface area contributed by atoms with E-state index in [1.54, 1.807) is 0 Å². The molecule has 3 aliphatic rings. The molecule has 1 saturated heterocycles. The highest BCUT2D eigenvalue weighted by atomic mass is 35.5. The largest absolute Gasteiger partial charge is 0.393 e. The molecule has 0 bridgehead atoms. The zero-order chi connectivity index (χ0) is 27.6. The summed E-state index contributed by atoms with van der Waals surface area (Å²) in [6, 6.07) is 5.10. The average molecular weight is 566 g/mol. The van der Waals surface area contributed by atoms with Crippen LogP contribution in [-0.4, -0.2) is 41.2 Å². The van der Waals surface area contributed by atoms with Crippen LogP contribution in [0.1, 0.15) is 63.5 Å². The van der Waals surface area contributed by atoms with Gasteiger partial charge in [0.15, 0.2) is 0 Å². The maximum Gasteiger partial charge on any atom is 0.238 e. The molecule has 6 atom stereocenters. The van der Waals surface area contributed by atoms with Crippen molar-refractivity contribution in [2.45, 2.75) is 82.0 Å². The Labute approximate surface area is 230 Å². The molecule has 2 amide bonds. The molecule has 0 aromatic heterocycles. The molecule has 0 unspecified atom stereocenters. The number of fused-ring (bicyclic) bond motifs is 2. The van der Waals surface area contributed by atoms with E-state index in [0.717, 1.165) is 0 Å². The summed E-state index contributed by atoms with van der Waals surface area (Å²) in [5.74, 6) is -2.90. The SMILES string of the molecule is CC(C)(C)C[C@H]1N[C@@H](C(=O)N[C@H]2CC[C@H](O)C2)[C@H](c2ccc(F)c(Cl)c2)[C@@]12C(=O)Nc1cc(Cl)c(F)cc12. The number of benzene rings is 2. The van der Waals surface area contributed by atoms with Gasteiger partial charge in [0.2, 0.25) is 11.8 Å². The van der Waals surface area contributed by atoms with Crippen LogP contribution in [0.15, 0.2) is 30.3 Å². The van der Waals surface area contributed by atoms with Gasteiger partial charge in [0.05, 0.1) is 22.2 Å². The second-order valence-corrected chi connectivity index (χ2v) is 12.7. The smallest absolute Gasteiger partial charge is 0.238 e. The van der Waals surface area contributed by atoms with Crippen LogP contribution >= 0.6 is 23.2 Å². The Hall–Kier alpha value is -2.26. The van der Waals surface area contributed by atoms with Gasteiger partial charge in [-0.25, -0.2) is 8.78 Å². The number of hydrogen-bond acceptors (Lipinski definition) is 4. The molecule has 2 fully saturated rings. The van der Waals surface area contributed by atoms with Gasteiger partial charge in [0, 0.05) is 23.7 Å². The standard InChI is InChI=1S/C28H31Cl2F2N3O3/c1-27(2,3)12-22-28(16-10-20(32)18(30)11-21(16)34-26(28)38)23(13-4-7-19(31)17(29)8-13)24(35-22)25(37)33-14-5-6-15(36)9-14/h4,7-8,10-11,14-15,22-24,35-36H,5-6,9,12H2,1-3H3,(H,33,37)(H,34,38)/t14-,15-,22+,23-,24+,28-/m0/s1. The molecule has 1 saturated carbocycles. The first-order valence-corrected chi connectivity index (χ1v) is 13.6. The molecule has 0 radical (unpaired) electrons. The minimum absolute atomic E-state index is 0.130. The molecule has 4 N–H and O–H groups in total. The fraction of sp³-hybridized carbons (Fsp3) is 0.500. The molecule has 2 aliphatic heterocycles. The molecular formula is C28H31Cl2F2N3O3. The van der Waals surface area contributed by atoms with E-state index in [-0.39, 0.29) is 27.4 Å². The number of carbonyl (C=O) groups excluding carboxylic acids is 2. The van der Waals surface area contributed by atoms with Crippen LogP contribution in [0, 0.1) is 17.0 Å². The third-order valence-corrected chi connectivity index (χ3v) is 8.62. The molecule has 6 nitrogen and oxygen atoms in total. The first-order chi connectivity index (χ1) is 17.8. The van der Waals surface area contributed by atoms with Crippen LogP contribution < -0.4 is 16.0 Å². The van der Waals surface area contributed by atoms with Crippen LogP contribution in [0.4, 0.5) is 14.5 Å². The maximum absolute atomic E-state index is 14.9. The third-order valence-electron chi connectivity index (χ3n) is 8.04. The van der Waals surface area contributed by atoms with Gasteiger partial charge in [0.1, 0.15) is 17.0 Å². The number of aliphatic hydroxyl groups is 1. The Balaban J connectivity index is 1.70. The minimum Gasteiger partial charge on any atom is -0.393 e. The van der Waals surface area contributed by atoms with E-state index < -0.39 is 47.1 Å².